The van der Waals surface area contributed by atoms with Crippen LogP contribution in [0.3, 0.4) is 0 Å². The van der Waals surface area contributed by atoms with Gasteiger partial charge in [-0.2, -0.15) is 0 Å². The molecule has 0 radical (unpaired) electrons. The van der Waals surface area contributed by atoms with Crippen molar-refractivity contribution in [1.29, 1.82) is 0 Å². The molecule has 9 heteroatoms. The van der Waals surface area contributed by atoms with E-state index in [0.29, 0.717) is 15.6 Å². The predicted molar refractivity (Wildman–Crippen MR) is 97.5 cm³/mol. The topological polar surface area (TPSA) is 83.5 Å². The van der Waals surface area contributed by atoms with Crippen LogP contribution in [0.2, 0.25) is 10.0 Å². The van der Waals surface area contributed by atoms with E-state index >= 15 is 0 Å². The van der Waals surface area contributed by atoms with E-state index in [2.05, 4.69) is 5.32 Å². The number of carbonyl (C=O) groups excluding carboxylic acids is 1. The summed E-state index contributed by atoms with van der Waals surface area (Å²) in [6.07, 6.45) is -1.11. The van der Waals surface area contributed by atoms with Gasteiger partial charge in [-0.15, -0.1) is 0 Å². The van der Waals surface area contributed by atoms with E-state index in [1.54, 1.807) is 0 Å². The lowest BCUT2D eigenvalue weighted by molar-refractivity contribution is -0.120. The molecule has 0 spiro atoms. The Morgan fingerprint density at radius 3 is 2.23 bits per heavy atom. The summed E-state index contributed by atoms with van der Waals surface area (Å²) in [4.78, 5) is 12.0. The minimum absolute atomic E-state index is 0.163. The quantitative estimate of drug-likeness (QED) is 0.704. The summed E-state index contributed by atoms with van der Waals surface area (Å²) < 4.78 is 37.8. The van der Waals surface area contributed by atoms with E-state index in [1.165, 1.54) is 25.1 Å². The normalized spacial score (nSPS) is 13.9. The Hall–Kier alpha value is -1.67. The fourth-order valence-corrected chi connectivity index (χ4v) is 4.03. The molecule has 0 aromatic heterocycles. The molecule has 1 amide bonds. The average Bonchev–Trinajstić information content (AvgIpc) is 2.58. The van der Waals surface area contributed by atoms with E-state index in [0.717, 1.165) is 24.3 Å². The number of aliphatic hydroxyl groups excluding tert-OH is 1. The van der Waals surface area contributed by atoms with Crippen molar-refractivity contribution in [3.8, 4) is 0 Å². The lowest BCUT2D eigenvalue weighted by Gasteiger charge is -2.16. The first-order valence-corrected chi connectivity index (χ1v) is 9.82. The molecule has 2 rings (SSSR count). The summed E-state index contributed by atoms with van der Waals surface area (Å²) in [5.41, 5.74) is 0.386. The number of halogens is 3. The third-order valence-electron chi connectivity index (χ3n) is 3.72. The monoisotopic (exact) mass is 419 g/mol. The Morgan fingerprint density at radius 1 is 1.15 bits per heavy atom. The van der Waals surface area contributed by atoms with Gasteiger partial charge in [0, 0.05) is 16.6 Å². The Kier molecular flexibility index (Phi) is 6.63. The maximum Gasteiger partial charge on any atom is 0.238 e. The minimum atomic E-state index is -3.98. The number of sulfone groups is 1. The second-order valence-electron chi connectivity index (χ2n) is 5.60. The first-order chi connectivity index (χ1) is 12.1. The molecule has 5 nitrogen and oxygen atoms in total. The molecule has 0 aliphatic carbocycles. The van der Waals surface area contributed by atoms with Crippen LogP contribution in [-0.4, -0.2) is 31.2 Å². The van der Waals surface area contributed by atoms with Gasteiger partial charge in [0.2, 0.25) is 5.91 Å². The van der Waals surface area contributed by atoms with Crippen LogP contribution in [0, 0.1) is 5.82 Å². The minimum Gasteiger partial charge on any atom is -0.387 e. The van der Waals surface area contributed by atoms with Crippen LogP contribution in [0.25, 0.3) is 0 Å². The van der Waals surface area contributed by atoms with Crippen molar-refractivity contribution >= 4 is 38.9 Å². The molecule has 2 unspecified atom stereocenters. The van der Waals surface area contributed by atoms with Crippen molar-refractivity contribution in [2.24, 2.45) is 0 Å². The third kappa shape index (κ3) is 4.94. The van der Waals surface area contributed by atoms with Crippen LogP contribution in [0.1, 0.15) is 18.6 Å². The standard InChI is InChI=1S/C17H16Cl2FNO4S/c1-10(26(24,25)15-4-2-14(20)3-5-15)17(23)21-9-16(22)11-6-12(18)8-13(19)7-11/h2-8,10,16,22H,9H2,1H3,(H,21,23). The average molecular weight is 420 g/mol. The van der Waals surface area contributed by atoms with Gasteiger partial charge in [-0.05, 0) is 55.0 Å². The summed E-state index contributed by atoms with van der Waals surface area (Å²) in [7, 11) is -3.98. The number of rotatable bonds is 6. The molecule has 0 saturated heterocycles. The van der Waals surface area contributed by atoms with Crippen molar-refractivity contribution in [3.63, 3.8) is 0 Å². The number of hydrogen-bond donors (Lipinski definition) is 2. The highest BCUT2D eigenvalue weighted by Gasteiger charge is 2.30. The van der Waals surface area contributed by atoms with E-state index in [9.17, 15) is 22.7 Å². The van der Waals surface area contributed by atoms with Gasteiger partial charge in [0.1, 0.15) is 11.1 Å². The van der Waals surface area contributed by atoms with Gasteiger partial charge in [0.25, 0.3) is 0 Å². The number of hydrogen-bond acceptors (Lipinski definition) is 4. The fourth-order valence-electron chi connectivity index (χ4n) is 2.20. The summed E-state index contributed by atoms with van der Waals surface area (Å²) in [5, 5.41) is 11.7. The van der Waals surface area contributed by atoms with Gasteiger partial charge in [0.05, 0.1) is 11.0 Å². The van der Waals surface area contributed by atoms with Crippen molar-refractivity contribution in [1.82, 2.24) is 5.32 Å². The Labute approximate surface area is 160 Å². The van der Waals surface area contributed by atoms with Crippen LogP contribution < -0.4 is 5.32 Å². The van der Waals surface area contributed by atoms with Crippen molar-refractivity contribution in [3.05, 3.63) is 63.9 Å². The number of aliphatic hydroxyl groups is 1. The van der Waals surface area contributed by atoms with E-state index in [4.69, 9.17) is 23.2 Å². The first kappa shape index (κ1) is 20.6. The molecular formula is C17H16Cl2FNO4S. The van der Waals surface area contributed by atoms with Crippen LogP contribution in [0.15, 0.2) is 47.4 Å². The molecule has 2 N–H and O–H groups in total. The number of amides is 1. The van der Waals surface area contributed by atoms with Gasteiger partial charge in [0.15, 0.2) is 9.84 Å². The zero-order valence-electron chi connectivity index (χ0n) is 13.6. The molecule has 2 aromatic carbocycles. The van der Waals surface area contributed by atoms with E-state index in [-0.39, 0.29) is 11.4 Å². The lowest BCUT2D eigenvalue weighted by Crippen LogP contribution is -2.39. The number of carbonyl (C=O) groups is 1. The smallest absolute Gasteiger partial charge is 0.238 e. The Balaban J connectivity index is 2.05. The zero-order valence-corrected chi connectivity index (χ0v) is 15.9. The van der Waals surface area contributed by atoms with Crippen molar-refractivity contribution in [2.45, 2.75) is 23.2 Å². The molecular weight excluding hydrogens is 404 g/mol. The Morgan fingerprint density at radius 2 is 1.69 bits per heavy atom. The van der Waals surface area contributed by atoms with Crippen LogP contribution in [-0.2, 0) is 14.6 Å². The summed E-state index contributed by atoms with van der Waals surface area (Å²) in [6, 6.07) is 8.67. The maximum absolute atomic E-state index is 12.9. The highest BCUT2D eigenvalue weighted by molar-refractivity contribution is 7.92. The fraction of sp³-hybridized carbons (Fsp3) is 0.235. The van der Waals surface area contributed by atoms with Crippen molar-refractivity contribution < 1.29 is 22.7 Å². The third-order valence-corrected chi connectivity index (χ3v) is 6.23. The molecule has 0 saturated carbocycles. The molecule has 2 aromatic rings. The molecule has 0 heterocycles. The molecule has 0 bridgehead atoms. The molecule has 0 aliphatic rings. The first-order valence-electron chi connectivity index (χ1n) is 7.52. The van der Waals surface area contributed by atoms with Gasteiger partial charge in [-0.25, -0.2) is 12.8 Å². The molecule has 140 valence electrons. The Bertz CT molecular complexity index is 883. The van der Waals surface area contributed by atoms with Gasteiger partial charge in [-0.1, -0.05) is 23.2 Å². The zero-order chi connectivity index (χ0) is 19.5. The van der Waals surface area contributed by atoms with E-state index in [1.807, 2.05) is 0 Å². The SMILES string of the molecule is CC(C(=O)NCC(O)c1cc(Cl)cc(Cl)c1)S(=O)(=O)c1ccc(F)cc1. The summed E-state index contributed by atoms with van der Waals surface area (Å²) in [6.45, 7) is 0.995. The van der Waals surface area contributed by atoms with E-state index < -0.39 is 32.9 Å². The second-order valence-corrected chi connectivity index (χ2v) is 8.75. The van der Waals surface area contributed by atoms with Crippen LogP contribution in [0.5, 0.6) is 0 Å². The highest BCUT2D eigenvalue weighted by Crippen LogP contribution is 2.23. The lowest BCUT2D eigenvalue weighted by atomic mass is 10.1. The highest BCUT2D eigenvalue weighted by atomic mass is 35.5. The molecule has 26 heavy (non-hydrogen) atoms. The molecule has 0 fully saturated rings. The summed E-state index contributed by atoms with van der Waals surface area (Å²) >= 11 is 11.7. The summed E-state index contributed by atoms with van der Waals surface area (Å²) in [5.74, 6) is -1.37. The van der Waals surface area contributed by atoms with Crippen molar-refractivity contribution in [2.75, 3.05) is 6.54 Å². The van der Waals surface area contributed by atoms with Crippen LogP contribution >= 0.6 is 23.2 Å². The van der Waals surface area contributed by atoms with Crippen LogP contribution in [0.4, 0.5) is 4.39 Å². The predicted octanol–water partition coefficient (Wildman–Crippen LogP) is 3.14. The largest absolute Gasteiger partial charge is 0.387 e. The number of benzene rings is 2. The molecule has 0 aliphatic heterocycles. The number of nitrogens with one attached hydrogen (secondary N) is 1. The maximum atomic E-state index is 12.9. The second kappa shape index (κ2) is 8.35. The van der Waals surface area contributed by atoms with Gasteiger partial charge < -0.3 is 10.4 Å². The van der Waals surface area contributed by atoms with Gasteiger partial charge in [-0.3, -0.25) is 4.79 Å². The van der Waals surface area contributed by atoms with Gasteiger partial charge >= 0.3 is 0 Å². The molecule has 2 atom stereocenters.